The lowest BCUT2D eigenvalue weighted by atomic mass is 10.0. The zero-order valence-corrected chi connectivity index (χ0v) is 13.8. The number of thiophene rings is 1. The normalized spacial score (nSPS) is 14.0. The van der Waals surface area contributed by atoms with Gasteiger partial charge in [0.15, 0.2) is 0 Å². The fraction of sp³-hybridized carbons (Fsp3) is 0.125. The summed E-state index contributed by atoms with van der Waals surface area (Å²) in [5.74, 6) is -0.0841. The van der Waals surface area contributed by atoms with E-state index >= 15 is 0 Å². The van der Waals surface area contributed by atoms with Crippen LogP contribution in [0.2, 0.25) is 0 Å². The van der Waals surface area contributed by atoms with Crippen molar-refractivity contribution in [1.82, 2.24) is 0 Å². The van der Waals surface area contributed by atoms with E-state index in [1.807, 2.05) is 37.3 Å². The van der Waals surface area contributed by atoms with Gasteiger partial charge in [0.1, 0.15) is 11.5 Å². The van der Waals surface area contributed by atoms with Gasteiger partial charge in [-0.05, 0) is 34.5 Å². The number of aliphatic imine (C=N–C) groups is 1. The molecule has 3 rings (SSSR count). The molecule has 0 atom stereocenters. The first-order chi connectivity index (χ1) is 10.0. The van der Waals surface area contributed by atoms with Crippen LogP contribution in [-0.4, -0.2) is 18.2 Å². The Labute approximate surface area is 135 Å². The molecule has 1 N–H and O–H groups in total. The fourth-order valence-electron chi connectivity index (χ4n) is 2.19. The van der Waals surface area contributed by atoms with E-state index in [2.05, 4.69) is 32.8 Å². The van der Waals surface area contributed by atoms with Crippen molar-refractivity contribution in [3.63, 3.8) is 0 Å². The molecule has 2 heterocycles. The van der Waals surface area contributed by atoms with Gasteiger partial charge in [-0.1, -0.05) is 36.4 Å². The Hall–Kier alpha value is -1.72. The number of hydrogen-bond donors (Lipinski definition) is 1. The molecule has 2 aromatic rings. The van der Waals surface area contributed by atoms with Crippen LogP contribution >= 0.6 is 27.3 Å². The molecule has 1 aliphatic heterocycles. The van der Waals surface area contributed by atoms with Gasteiger partial charge in [-0.15, -0.1) is 11.3 Å². The third-order valence-corrected chi connectivity index (χ3v) is 4.80. The largest absolute Gasteiger partial charge is 0.315 e. The highest BCUT2D eigenvalue weighted by molar-refractivity contribution is 9.11. The predicted molar refractivity (Wildman–Crippen MR) is 92.3 cm³/mol. The number of allylic oxidation sites excluding steroid dienone is 1. The molecule has 0 fully saturated rings. The van der Waals surface area contributed by atoms with Gasteiger partial charge in [0.25, 0.3) is 0 Å². The number of benzene rings is 1. The molecule has 3 nitrogen and oxygen atoms in total. The molecular weight excluding hydrogens is 348 g/mol. The van der Waals surface area contributed by atoms with E-state index in [1.54, 1.807) is 0 Å². The van der Waals surface area contributed by atoms with Crippen LogP contribution in [0.4, 0.5) is 5.00 Å². The third kappa shape index (κ3) is 2.84. The van der Waals surface area contributed by atoms with Gasteiger partial charge in [0, 0.05) is 11.1 Å². The van der Waals surface area contributed by atoms with E-state index in [0.29, 0.717) is 0 Å². The highest BCUT2D eigenvalue weighted by Gasteiger charge is 2.20. The van der Waals surface area contributed by atoms with Crippen molar-refractivity contribution in [3.8, 4) is 0 Å². The Morgan fingerprint density at radius 2 is 2.10 bits per heavy atom. The summed E-state index contributed by atoms with van der Waals surface area (Å²) in [6, 6.07) is 10.1. The van der Waals surface area contributed by atoms with Crippen molar-refractivity contribution >= 4 is 49.5 Å². The van der Waals surface area contributed by atoms with Crippen LogP contribution in [0.25, 0.3) is 5.57 Å². The van der Waals surface area contributed by atoms with Crippen molar-refractivity contribution in [1.29, 1.82) is 0 Å². The van der Waals surface area contributed by atoms with Gasteiger partial charge in [-0.3, -0.25) is 9.79 Å². The molecule has 0 saturated carbocycles. The number of halogens is 1. The molecule has 0 bridgehead atoms. The van der Waals surface area contributed by atoms with E-state index < -0.39 is 0 Å². The molecule has 106 valence electrons. The van der Waals surface area contributed by atoms with E-state index in [0.717, 1.165) is 36.8 Å². The first-order valence-corrected chi connectivity index (χ1v) is 8.06. The first-order valence-electron chi connectivity index (χ1n) is 6.45. The Kier molecular flexibility index (Phi) is 3.78. The van der Waals surface area contributed by atoms with Crippen LogP contribution in [0, 0.1) is 0 Å². The summed E-state index contributed by atoms with van der Waals surface area (Å²) in [6.07, 6.45) is 0. The van der Waals surface area contributed by atoms with E-state index in [-0.39, 0.29) is 12.5 Å². The molecule has 1 aromatic heterocycles. The van der Waals surface area contributed by atoms with E-state index in [9.17, 15) is 4.79 Å². The number of carbonyl (C=O) groups is 1. The predicted octanol–water partition coefficient (Wildman–Crippen LogP) is 4.33. The minimum atomic E-state index is -0.0841. The summed E-state index contributed by atoms with van der Waals surface area (Å²) in [6.45, 7) is 6.07. The third-order valence-electron chi connectivity index (χ3n) is 3.24. The molecule has 0 unspecified atom stereocenters. The van der Waals surface area contributed by atoms with Gasteiger partial charge in [-0.2, -0.15) is 0 Å². The summed E-state index contributed by atoms with van der Waals surface area (Å²) < 4.78 is 0.973. The molecule has 21 heavy (non-hydrogen) atoms. The second-order valence-electron chi connectivity index (χ2n) is 4.86. The first kappa shape index (κ1) is 14.2. The SMILES string of the molecule is C=C(C)c1ccc(C2=NCC(=O)Nc3sc(Br)cc32)cc1. The molecule has 0 aliphatic carbocycles. The van der Waals surface area contributed by atoms with Crippen LogP contribution in [0.5, 0.6) is 0 Å². The molecule has 5 heteroatoms. The van der Waals surface area contributed by atoms with Gasteiger partial charge >= 0.3 is 0 Å². The Bertz CT molecular complexity index is 759. The van der Waals surface area contributed by atoms with Gasteiger partial charge < -0.3 is 5.32 Å². The van der Waals surface area contributed by atoms with Gasteiger partial charge in [0.05, 0.1) is 9.50 Å². The van der Waals surface area contributed by atoms with Crippen molar-refractivity contribution in [2.75, 3.05) is 11.9 Å². The van der Waals surface area contributed by atoms with Crippen LogP contribution in [-0.2, 0) is 4.79 Å². The standard InChI is InChI=1S/C16H13BrN2OS/c1-9(2)10-3-5-11(6-4-10)15-12-7-13(17)21-16(12)19-14(20)8-18-15/h3-7H,1,8H2,2H3,(H,19,20). The topological polar surface area (TPSA) is 41.5 Å². The molecule has 0 saturated heterocycles. The Balaban J connectivity index is 2.08. The average molecular weight is 361 g/mol. The lowest BCUT2D eigenvalue weighted by Gasteiger charge is -2.06. The summed E-state index contributed by atoms with van der Waals surface area (Å²) in [5.41, 5.74) is 4.94. The van der Waals surface area contributed by atoms with Crippen LogP contribution in [0.15, 0.2) is 45.7 Å². The van der Waals surface area contributed by atoms with Crippen molar-refractivity contribution in [3.05, 3.63) is 57.4 Å². The number of fused-ring (bicyclic) bond motifs is 1. The molecule has 0 radical (unpaired) electrons. The number of carbonyl (C=O) groups excluding carboxylic acids is 1. The number of anilines is 1. The Morgan fingerprint density at radius 3 is 2.76 bits per heavy atom. The highest BCUT2D eigenvalue weighted by Crippen LogP contribution is 2.35. The zero-order valence-electron chi connectivity index (χ0n) is 11.4. The monoisotopic (exact) mass is 360 g/mol. The molecule has 1 aliphatic rings. The second kappa shape index (κ2) is 5.58. The molecule has 1 amide bonds. The smallest absolute Gasteiger partial charge is 0.246 e. The number of hydrogen-bond acceptors (Lipinski definition) is 3. The van der Waals surface area contributed by atoms with Gasteiger partial charge in [-0.25, -0.2) is 0 Å². The molecular formula is C16H13BrN2OS. The number of nitrogens with zero attached hydrogens (tertiary/aromatic N) is 1. The maximum absolute atomic E-state index is 11.7. The maximum atomic E-state index is 11.7. The van der Waals surface area contributed by atoms with Gasteiger partial charge in [0.2, 0.25) is 5.91 Å². The fourth-order valence-corrected chi connectivity index (χ4v) is 3.71. The zero-order chi connectivity index (χ0) is 15.0. The second-order valence-corrected chi connectivity index (χ2v) is 7.30. The summed E-state index contributed by atoms with van der Waals surface area (Å²) in [4.78, 5) is 16.2. The summed E-state index contributed by atoms with van der Waals surface area (Å²) in [5, 5.41) is 3.73. The molecule has 0 spiro atoms. The number of amides is 1. The van der Waals surface area contributed by atoms with Crippen molar-refractivity contribution in [2.45, 2.75) is 6.92 Å². The lowest BCUT2D eigenvalue weighted by Crippen LogP contribution is -2.12. The quantitative estimate of drug-likeness (QED) is 0.850. The minimum Gasteiger partial charge on any atom is -0.315 e. The summed E-state index contributed by atoms with van der Waals surface area (Å²) in [7, 11) is 0. The molecule has 1 aromatic carbocycles. The van der Waals surface area contributed by atoms with E-state index in [1.165, 1.54) is 11.3 Å². The maximum Gasteiger partial charge on any atom is 0.246 e. The van der Waals surface area contributed by atoms with Crippen LogP contribution < -0.4 is 5.32 Å². The summed E-state index contributed by atoms with van der Waals surface area (Å²) >= 11 is 4.97. The van der Waals surface area contributed by atoms with Crippen molar-refractivity contribution in [2.24, 2.45) is 4.99 Å². The van der Waals surface area contributed by atoms with E-state index in [4.69, 9.17) is 0 Å². The average Bonchev–Trinajstić information content (AvgIpc) is 2.72. The van der Waals surface area contributed by atoms with Crippen LogP contribution in [0.3, 0.4) is 0 Å². The van der Waals surface area contributed by atoms with Crippen molar-refractivity contribution < 1.29 is 4.79 Å². The number of rotatable bonds is 2. The number of nitrogens with one attached hydrogen (secondary N) is 1. The Morgan fingerprint density at radius 1 is 1.38 bits per heavy atom. The minimum absolute atomic E-state index is 0.0841. The van der Waals surface area contributed by atoms with Crippen LogP contribution in [0.1, 0.15) is 23.6 Å². The highest BCUT2D eigenvalue weighted by atomic mass is 79.9. The lowest BCUT2D eigenvalue weighted by molar-refractivity contribution is -0.114.